The molecule has 0 bridgehead atoms. The highest BCUT2D eigenvalue weighted by molar-refractivity contribution is 5.82. The van der Waals surface area contributed by atoms with Crippen LogP contribution in [0.2, 0.25) is 0 Å². The fourth-order valence-corrected chi connectivity index (χ4v) is 2.49. The summed E-state index contributed by atoms with van der Waals surface area (Å²) in [5.41, 5.74) is 1.22. The standard InChI is InChI=1S/C16H22N2O3/c1-21-10-8-15(19)17-14-11-16(20)18(12-14)9-7-13-5-3-2-4-6-13/h2-6,14H,7-12H2,1H3,(H,17,19)/t14-/m1/s1. The molecule has 1 aliphatic heterocycles. The molecular weight excluding hydrogens is 268 g/mol. The number of likely N-dealkylation sites (tertiary alicyclic amines) is 1. The van der Waals surface area contributed by atoms with E-state index in [1.165, 1.54) is 5.56 Å². The van der Waals surface area contributed by atoms with Crippen LogP contribution in [0.4, 0.5) is 0 Å². The van der Waals surface area contributed by atoms with Crippen molar-refractivity contribution in [2.24, 2.45) is 0 Å². The Morgan fingerprint density at radius 3 is 2.86 bits per heavy atom. The van der Waals surface area contributed by atoms with Gasteiger partial charge in [-0.05, 0) is 12.0 Å². The van der Waals surface area contributed by atoms with Gasteiger partial charge >= 0.3 is 0 Å². The maximum Gasteiger partial charge on any atom is 0.224 e. The minimum absolute atomic E-state index is 0.0560. The maximum atomic E-state index is 12.0. The van der Waals surface area contributed by atoms with Gasteiger partial charge in [0, 0.05) is 33.0 Å². The van der Waals surface area contributed by atoms with E-state index in [-0.39, 0.29) is 17.9 Å². The van der Waals surface area contributed by atoms with Crippen molar-refractivity contribution in [3.63, 3.8) is 0 Å². The van der Waals surface area contributed by atoms with E-state index in [1.54, 1.807) is 7.11 Å². The topological polar surface area (TPSA) is 58.6 Å². The minimum Gasteiger partial charge on any atom is -0.384 e. The van der Waals surface area contributed by atoms with Crippen molar-refractivity contribution < 1.29 is 14.3 Å². The third kappa shape index (κ3) is 4.86. The summed E-state index contributed by atoms with van der Waals surface area (Å²) in [5.74, 6) is 0.0579. The lowest BCUT2D eigenvalue weighted by molar-refractivity contribution is -0.127. The molecule has 1 aliphatic rings. The number of methoxy groups -OCH3 is 1. The van der Waals surface area contributed by atoms with Gasteiger partial charge in [0.05, 0.1) is 12.6 Å². The number of carbonyl (C=O) groups excluding carboxylic acids is 2. The van der Waals surface area contributed by atoms with Gasteiger partial charge in [-0.3, -0.25) is 9.59 Å². The van der Waals surface area contributed by atoms with Gasteiger partial charge in [0.2, 0.25) is 11.8 Å². The molecular formula is C16H22N2O3. The number of rotatable bonds is 7. The smallest absolute Gasteiger partial charge is 0.224 e. The van der Waals surface area contributed by atoms with Crippen molar-refractivity contribution in [3.05, 3.63) is 35.9 Å². The molecule has 0 aromatic heterocycles. The molecule has 1 aromatic rings. The first-order valence-corrected chi connectivity index (χ1v) is 7.29. The first-order chi connectivity index (χ1) is 10.2. The summed E-state index contributed by atoms with van der Waals surface area (Å²) in [5, 5.41) is 2.89. The van der Waals surface area contributed by atoms with Gasteiger partial charge in [0.15, 0.2) is 0 Å². The fraction of sp³-hybridized carbons (Fsp3) is 0.500. The zero-order valence-corrected chi connectivity index (χ0v) is 12.4. The number of ether oxygens (including phenoxy) is 1. The van der Waals surface area contributed by atoms with Crippen molar-refractivity contribution in [2.75, 3.05) is 26.8 Å². The van der Waals surface area contributed by atoms with Gasteiger partial charge in [-0.2, -0.15) is 0 Å². The number of hydrogen-bond acceptors (Lipinski definition) is 3. The highest BCUT2D eigenvalue weighted by atomic mass is 16.5. The molecule has 1 saturated heterocycles. The number of benzene rings is 1. The molecule has 0 unspecified atom stereocenters. The third-order valence-electron chi connectivity index (χ3n) is 3.63. The molecule has 5 heteroatoms. The van der Waals surface area contributed by atoms with Gasteiger partial charge in [-0.15, -0.1) is 0 Å². The normalized spacial score (nSPS) is 18.0. The second kappa shape index (κ2) is 7.78. The Morgan fingerprint density at radius 2 is 2.14 bits per heavy atom. The number of nitrogens with one attached hydrogen (secondary N) is 1. The summed E-state index contributed by atoms with van der Waals surface area (Å²) in [6.45, 7) is 1.71. The van der Waals surface area contributed by atoms with Gasteiger partial charge in [-0.25, -0.2) is 0 Å². The van der Waals surface area contributed by atoms with Crippen LogP contribution in [0.3, 0.4) is 0 Å². The molecule has 1 aromatic carbocycles. The summed E-state index contributed by atoms with van der Waals surface area (Å²) in [7, 11) is 1.57. The van der Waals surface area contributed by atoms with Crippen molar-refractivity contribution in [3.8, 4) is 0 Å². The molecule has 0 saturated carbocycles. The Bertz CT molecular complexity index is 476. The number of carbonyl (C=O) groups is 2. The Morgan fingerprint density at radius 1 is 1.38 bits per heavy atom. The lowest BCUT2D eigenvalue weighted by Gasteiger charge is -2.17. The quantitative estimate of drug-likeness (QED) is 0.814. The SMILES string of the molecule is COCCC(=O)N[C@@H]1CC(=O)N(CCc2ccccc2)C1. The van der Waals surface area contributed by atoms with E-state index < -0.39 is 0 Å². The number of amides is 2. The summed E-state index contributed by atoms with van der Waals surface area (Å²) in [6.07, 6.45) is 1.58. The zero-order valence-electron chi connectivity index (χ0n) is 12.4. The molecule has 1 heterocycles. The maximum absolute atomic E-state index is 12.0. The molecule has 1 N–H and O–H groups in total. The minimum atomic E-state index is -0.0716. The molecule has 1 atom stereocenters. The summed E-state index contributed by atoms with van der Waals surface area (Å²) in [6, 6.07) is 10.0. The molecule has 0 spiro atoms. The van der Waals surface area contributed by atoms with Crippen LogP contribution >= 0.6 is 0 Å². The molecule has 0 aliphatic carbocycles. The van der Waals surface area contributed by atoms with Crippen molar-refractivity contribution in [1.82, 2.24) is 10.2 Å². The van der Waals surface area contributed by atoms with Crippen molar-refractivity contribution >= 4 is 11.8 Å². The Kier molecular flexibility index (Phi) is 5.75. The van der Waals surface area contributed by atoms with Gasteiger partial charge < -0.3 is 15.0 Å². The average Bonchev–Trinajstić information content (AvgIpc) is 2.84. The number of nitrogens with zero attached hydrogens (tertiary/aromatic N) is 1. The average molecular weight is 290 g/mol. The van der Waals surface area contributed by atoms with E-state index in [9.17, 15) is 9.59 Å². The molecule has 21 heavy (non-hydrogen) atoms. The van der Waals surface area contributed by atoms with Crippen LogP contribution in [-0.2, 0) is 20.7 Å². The molecule has 5 nitrogen and oxygen atoms in total. The van der Waals surface area contributed by atoms with E-state index in [4.69, 9.17) is 4.74 Å². The van der Waals surface area contributed by atoms with Gasteiger partial charge in [-0.1, -0.05) is 30.3 Å². The predicted molar refractivity (Wildman–Crippen MR) is 79.8 cm³/mol. The van der Waals surface area contributed by atoms with E-state index in [1.807, 2.05) is 23.1 Å². The lowest BCUT2D eigenvalue weighted by atomic mass is 10.1. The number of hydrogen-bond donors (Lipinski definition) is 1. The molecule has 0 radical (unpaired) electrons. The van der Waals surface area contributed by atoms with Crippen LogP contribution in [-0.4, -0.2) is 49.6 Å². The Balaban J connectivity index is 1.76. The van der Waals surface area contributed by atoms with E-state index >= 15 is 0 Å². The van der Waals surface area contributed by atoms with Crippen LogP contribution in [0.25, 0.3) is 0 Å². The van der Waals surface area contributed by atoms with Crippen LogP contribution in [0, 0.1) is 0 Å². The zero-order chi connectivity index (χ0) is 15.1. The van der Waals surface area contributed by atoms with E-state index in [2.05, 4.69) is 17.4 Å². The van der Waals surface area contributed by atoms with Gasteiger partial charge in [0.1, 0.15) is 0 Å². The Labute approximate surface area is 125 Å². The van der Waals surface area contributed by atoms with Crippen molar-refractivity contribution in [2.45, 2.75) is 25.3 Å². The first kappa shape index (κ1) is 15.5. The third-order valence-corrected chi connectivity index (χ3v) is 3.63. The largest absolute Gasteiger partial charge is 0.384 e. The van der Waals surface area contributed by atoms with E-state index in [0.717, 1.165) is 6.42 Å². The lowest BCUT2D eigenvalue weighted by Crippen LogP contribution is -2.37. The molecule has 1 fully saturated rings. The summed E-state index contributed by atoms with van der Waals surface area (Å²) < 4.78 is 4.87. The predicted octanol–water partition coefficient (Wildman–Crippen LogP) is 0.983. The highest BCUT2D eigenvalue weighted by Crippen LogP contribution is 2.12. The summed E-state index contributed by atoms with van der Waals surface area (Å²) >= 11 is 0. The fourth-order valence-electron chi connectivity index (χ4n) is 2.49. The second-order valence-electron chi connectivity index (χ2n) is 5.29. The molecule has 2 rings (SSSR count). The van der Waals surface area contributed by atoms with Crippen LogP contribution in [0.1, 0.15) is 18.4 Å². The highest BCUT2D eigenvalue weighted by Gasteiger charge is 2.29. The van der Waals surface area contributed by atoms with E-state index in [0.29, 0.717) is 32.5 Å². The van der Waals surface area contributed by atoms with Gasteiger partial charge in [0.25, 0.3) is 0 Å². The van der Waals surface area contributed by atoms with Crippen LogP contribution in [0.15, 0.2) is 30.3 Å². The molecule has 114 valence electrons. The van der Waals surface area contributed by atoms with Crippen LogP contribution in [0.5, 0.6) is 0 Å². The van der Waals surface area contributed by atoms with Crippen LogP contribution < -0.4 is 5.32 Å². The first-order valence-electron chi connectivity index (χ1n) is 7.29. The van der Waals surface area contributed by atoms with Crippen molar-refractivity contribution in [1.29, 1.82) is 0 Å². The summed E-state index contributed by atoms with van der Waals surface area (Å²) in [4.78, 5) is 25.4. The molecule has 2 amide bonds. The Hall–Kier alpha value is -1.88. The second-order valence-corrected chi connectivity index (χ2v) is 5.29. The monoisotopic (exact) mass is 290 g/mol.